The second-order valence-electron chi connectivity index (χ2n) is 4.85. The van der Waals surface area contributed by atoms with E-state index in [1.807, 2.05) is 18.2 Å². The van der Waals surface area contributed by atoms with Gasteiger partial charge in [-0.2, -0.15) is 0 Å². The summed E-state index contributed by atoms with van der Waals surface area (Å²) in [5.41, 5.74) is 1.10. The molecule has 17 heavy (non-hydrogen) atoms. The van der Waals surface area contributed by atoms with Gasteiger partial charge in [0.05, 0.1) is 6.10 Å². The number of benzene rings is 1. The predicted octanol–water partition coefficient (Wildman–Crippen LogP) is 3.80. The number of ether oxygens (including phenoxy) is 2. The fourth-order valence-corrected chi connectivity index (χ4v) is 2.68. The summed E-state index contributed by atoms with van der Waals surface area (Å²) in [5, 5.41) is 0. The summed E-state index contributed by atoms with van der Waals surface area (Å²) < 4.78 is 12.0. The first-order valence-electron chi connectivity index (χ1n) is 6.42. The van der Waals surface area contributed by atoms with Crippen LogP contribution in [0.1, 0.15) is 38.0 Å². The zero-order chi connectivity index (χ0) is 11.7. The topological polar surface area (TPSA) is 18.5 Å². The Morgan fingerprint density at radius 1 is 1.18 bits per heavy atom. The van der Waals surface area contributed by atoms with Gasteiger partial charge in [0.15, 0.2) is 0 Å². The normalized spacial score (nSPS) is 32.3. The maximum atomic E-state index is 5.99. The van der Waals surface area contributed by atoms with Gasteiger partial charge < -0.3 is 9.47 Å². The van der Waals surface area contributed by atoms with Crippen LogP contribution in [0.4, 0.5) is 0 Å². The third-order valence-corrected chi connectivity index (χ3v) is 3.65. The van der Waals surface area contributed by atoms with Crippen LogP contribution in [0.2, 0.25) is 0 Å². The summed E-state index contributed by atoms with van der Waals surface area (Å²) in [4.78, 5) is 0. The van der Waals surface area contributed by atoms with Gasteiger partial charge in [0.25, 0.3) is 0 Å². The molecule has 2 heteroatoms. The number of hydrogen-bond acceptors (Lipinski definition) is 2. The molecule has 1 aromatic rings. The summed E-state index contributed by atoms with van der Waals surface area (Å²) >= 11 is 0. The molecule has 0 spiro atoms. The van der Waals surface area contributed by atoms with Crippen molar-refractivity contribution >= 4 is 0 Å². The third kappa shape index (κ3) is 2.09. The predicted molar refractivity (Wildman–Crippen MR) is 66.2 cm³/mol. The van der Waals surface area contributed by atoms with E-state index in [1.165, 1.54) is 12.8 Å². The summed E-state index contributed by atoms with van der Waals surface area (Å²) in [6, 6.07) is 10.2. The molecule has 0 amide bonds. The Balaban J connectivity index is 1.83. The third-order valence-electron chi connectivity index (χ3n) is 3.65. The Hall–Kier alpha value is -1.28. The molecular formula is C15H18O2. The van der Waals surface area contributed by atoms with Gasteiger partial charge in [-0.3, -0.25) is 0 Å². The molecule has 90 valence electrons. The number of fused-ring (bicyclic) bond motifs is 1. The van der Waals surface area contributed by atoms with Gasteiger partial charge in [0.2, 0.25) is 6.29 Å². The molecule has 2 aliphatic rings. The van der Waals surface area contributed by atoms with E-state index in [1.54, 1.807) is 0 Å². The van der Waals surface area contributed by atoms with E-state index in [9.17, 15) is 0 Å². The lowest BCUT2D eigenvalue weighted by Crippen LogP contribution is -2.33. The summed E-state index contributed by atoms with van der Waals surface area (Å²) in [5.74, 6) is 1.60. The highest BCUT2D eigenvalue weighted by Gasteiger charge is 2.35. The van der Waals surface area contributed by atoms with Crippen molar-refractivity contribution in [3.8, 4) is 0 Å². The molecule has 1 fully saturated rings. The quantitative estimate of drug-likeness (QED) is 0.730. The monoisotopic (exact) mass is 230 g/mol. The van der Waals surface area contributed by atoms with Crippen LogP contribution in [0, 0.1) is 5.92 Å². The highest BCUT2D eigenvalue weighted by molar-refractivity contribution is 5.18. The minimum Gasteiger partial charge on any atom is -0.465 e. The highest BCUT2D eigenvalue weighted by Crippen LogP contribution is 2.40. The average molecular weight is 230 g/mol. The molecule has 3 unspecified atom stereocenters. The fraction of sp³-hybridized carbons (Fsp3) is 0.467. The van der Waals surface area contributed by atoms with Crippen molar-refractivity contribution in [3.05, 3.63) is 47.7 Å². The van der Waals surface area contributed by atoms with Crippen LogP contribution in [0.3, 0.4) is 0 Å². The van der Waals surface area contributed by atoms with Gasteiger partial charge in [-0.05, 0) is 32.3 Å². The molecule has 1 saturated heterocycles. The maximum absolute atomic E-state index is 5.99. The Morgan fingerprint density at radius 3 is 2.82 bits per heavy atom. The molecule has 0 aromatic heterocycles. The lowest BCUT2D eigenvalue weighted by Gasteiger charge is -2.39. The van der Waals surface area contributed by atoms with E-state index in [-0.39, 0.29) is 12.4 Å². The summed E-state index contributed by atoms with van der Waals surface area (Å²) in [6.45, 7) is 2.16. The molecule has 1 aliphatic carbocycles. The number of hydrogen-bond donors (Lipinski definition) is 0. The SMILES string of the molecule is CC1OC(c2ccccc2)OC2=CCCCC21. The Kier molecular flexibility index (Phi) is 2.89. The van der Waals surface area contributed by atoms with Gasteiger partial charge in [-0.1, -0.05) is 30.3 Å². The van der Waals surface area contributed by atoms with Crippen molar-refractivity contribution in [1.29, 1.82) is 0 Å². The Bertz CT molecular complexity index is 410. The molecule has 1 aliphatic heterocycles. The van der Waals surface area contributed by atoms with Crippen molar-refractivity contribution in [2.45, 2.75) is 38.6 Å². The van der Waals surface area contributed by atoms with Gasteiger partial charge in [0.1, 0.15) is 5.76 Å². The van der Waals surface area contributed by atoms with E-state index in [0.717, 1.165) is 17.7 Å². The van der Waals surface area contributed by atoms with Crippen LogP contribution in [0.25, 0.3) is 0 Å². The molecule has 0 N–H and O–H groups in total. The smallest absolute Gasteiger partial charge is 0.226 e. The first-order valence-corrected chi connectivity index (χ1v) is 6.42. The van der Waals surface area contributed by atoms with Crippen LogP contribution < -0.4 is 0 Å². The van der Waals surface area contributed by atoms with Gasteiger partial charge >= 0.3 is 0 Å². The lowest BCUT2D eigenvalue weighted by molar-refractivity contribution is -0.207. The highest BCUT2D eigenvalue weighted by atomic mass is 16.7. The molecular weight excluding hydrogens is 212 g/mol. The van der Waals surface area contributed by atoms with E-state index in [2.05, 4.69) is 25.1 Å². The molecule has 1 aromatic carbocycles. The van der Waals surface area contributed by atoms with Crippen molar-refractivity contribution in [2.24, 2.45) is 5.92 Å². The first kappa shape index (κ1) is 10.8. The van der Waals surface area contributed by atoms with Crippen LogP contribution in [0.5, 0.6) is 0 Å². The van der Waals surface area contributed by atoms with Crippen molar-refractivity contribution in [2.75, 3.05) is 0 Å². The zero-order valence-corrected chi connectivity index (χ0v) is 10.1. The standard InChI is InChI=1S/C15H18O2/c1-11-13-9-5-6-10-14(13)17-15(16-11)12-7-3-2-4-8-12/h2-4,7-8,10-11,13,15H,5-6,9H2,1H3. The van der Waals surface area contributed by atoms with E-state index in [4.69, 9.17) is 9.47 Å². The largest absolute Gasteiger partial charge is 0.465 e. The van der Waals surface area contributed by atoms with E-state index in [0.29, 0.717) is 5.92 Å². The zero-order valence-electron chi connectivity index (χ0n) is 10.1. The summed E-state index contributed by atoms with van der Waals surface area (Å²) in [6.07, 6.45) is 5.84. The molecule has 1 heterocycles. The fourth-order valence-electron chi connectivity index (χ4n) is 2.68. The number of allylic oxidation sites excluding steroid dienone is 1. The Morgan fingerprint density at radius 2 is 2.00 bits per heavy atom. The molecule has 0 saturated carbocycles. The van der Waals surface area contributed by atoms with Crippen LogP contribution in [0.15, 0.2) is 42.2 Å². The van der Waals surface area contributed by atoms with Crippen LogP contribution >= 0.6 is 0 Å². The van der Waals surface area contributed by atoms with Gasteiger partial charge in [-0.25, -0.2) is 0 Å². The second kappa shape index (κ2) is 4.53. The average Bonchev–Trinajstić information content (AvgIpc) is 2.40. The molecule has 2 nitrogen and oxygen atoms in total. The van der Waals surface area contributed by atoms with Crippen LogP contribution in [-0.4, -0.2) is 6.10 Å². The van der Waals surface area contributed by atoms with Crippen molar-refractivity contribution in [1.82, 2.24) is 0 Å². The van der Waals surface area contributed by atoms with Crippen molar-refractivity contribution in [3.63, 3.8) is 0 Å². The van der Waals surface area contributed by atoms with Crippen LogP contribution in [-0.2, 0) is 9.47 Å². The molecule has 0 bridgehead atoms. The lowest BCUT2D eigenvalue weighted by atomic mass is 9.88. The molecule has 3 rings (SSSR count). The van der Waals surface area contributed by atoms with Gasteiger partial charge in [0, 0.05) is 11.5 Å². The molecule has 3 atom stereocenters. The second-order valence-corrected chi connectivity index (χ2v) is 4.85. The number of rotatable bonds is 1. The molecule has 0 radical (unpaired) electrons. The van der Waals surface area contributed by atoms with Gasteiger partial charge in [-0.15, -0.1) is 0 Å². The maximum Gasteiger partial charge on any atom is 0.226 e. The minimum atomic E-state index is -0.230. The Labute approximate surface area is 102 Å². The summed E-state index contributed by atoms with van der Waals surface area (Å²) in [7, 11) is 0. The van der Waals surface area contributed by atoms with E-state index < -0.39 is 0 Å². The van der Waals surface area contributed by atoms with Crippen molar-refractivity contribution < 1.29 is 9.47 Å². The first-order chi connectivity index (χ1) is 8.34. The minimum absolute atomic E-state index is 0.230. The van der Waals surface area contributed by atoms with E-state index >= 15 is 0 Å².